The molecule has 0 bridgehead atoms. The van der Waals surface area contributed by atoms with E-state index in [1.807, 2.05) is 32.0 Å². The Hall–Kier alpha value is -0.520. The van der Waals surface area contributed by atoms with Gasteiger partial charge in [-0.25, -0.2) is 0 Å². The summed E-state index contributed by atoms with van der Waals surface area (Å²) in [7, 11) is 3.46. The molecule has 2 aliphatic rings. The smallest absolute Gasteiger partial charge is 0.231 e. The van der Waals surface area contributed by atoms with E-state index in [2.05, 4.69) is 13.8 Å². The highest BCUT2D eigenvalue weighted by molar-refractivity contribution is 8.77. The third-order valence-corrected chi connectivity index (χ3v) is 6.79. The molecule has 5 heteroatoms. The van der Waals surface area contributed by atoms with E-state index >= 15 is 0 Å². The van der Waals surface area contributed by atoms with Crippen molar-refractivity contribution >= 4 is 21.6 Å². The zero-order valence-corrected chi connectivity index (χ0v) is 13.3. The Labute approximate surface area is 122 Å². The SMILES string of the molecule is CC.CC1(C)SSC(c2ccc3c(c2)OCO3)C1O. The Morgan fingerprint density at radius 3 is 2.53 bits per heavy atom. The van der Waals surface area contributed by atoms with Gasteiger partial charge in [-0.15, -0.1) is 0 Å². The molecule has 1 N–H and O–H groups in total. The molecule has 3 nitrogen and oxygen atoms in total. The lowest BCUT2D eigenvalue weighted by molar-refractivity contribution is 0.143. The Morgan fingerprint density at radius 1 is 1.21 bits per heavy atom. The summed E-state index contributed by atoms with van der Waals surface area (Å²) >= 11 is 0. The second-order valence-corrected chi connectivity index (χ2v) is 7.76. The van der Waals surface area contributed by atoms with Crippen LogP contribution in [-0.2, 0) is 0 Å². The molecule has 1 fully saturated rings. The zero-order chi connectivity index (χ0) is 14.0. The van der Waals surface area contributed by atoms with Gasteiger partial charge in [-0.2, -0.15) is 0 Å². The molecule has 2 atom stereocenters. The van der Waals surface area contributed by atoms with Crippen LogP contribution < -0.4 is 9.47 Å². The van der Waals surface area contributed by atoms with Gasteiger partial charge in [0, 0.05) is 4.75 Å². The van der Waals surface area contributed by atoms with Gasteiger partial charge in [0.25, 0.3) is 0 Å². The molecule has 1 saturated heterocycles. The lowest BCUT2D eigenvalue weighted by Gasteiger charge is -2.23. The van der Waals surface area contributed by atoms with E-state index in [1.54, 1.807) is 21.6 Å². The highest BCUT2D eigenvalue weighted by Gasteiger charge is 2.43. The zero-order valence-electron chi connectivity index (χ0n) is 11.7. The number of fused-ring (bicyclic) bond motifs is 1. The molecule has 106 valence electrons. The van der Waals surface area contributed by atoms with E-state index in [0.717, 1.165) is 17.1 Å². The highest BCUT2D eigenvalue weighted by atomic mass is 33.1. The molecule has 0 spiro atoms. The average Bonchev–Trinajstić information content (AvgIpc) is 2.97. The van der Waals surface area contributed by atoms with Gasteiger partial charge in [-0.1, -0.05) is 41.5 Å². The summed E-state index contributed by atoms with van der Waals surface area (Å²) in [6, 6.07) is 5.91. The minimum absolute atomic E-state index is 0.101. The fourth-order valence-electron chi connectivity index (χ4n) is 1.97. The molecular weight excluding hydrogens is 280 g/mol. The number of benzene rings is 1. The molecule has 1 aromatic carbocycles. The maximum atomic E-state index is 10.3. The van der Waals surface area contributed by atoms with Crippen LogP contribution in [0.3, 0.4) is 0 Å². The lowest BCUT2D eigenvalue weighted by atomic mass is 9.97. The van der Waals surface area contributed by atoms with Gasteiger partial charge < -0.3 is 14.6 Å². The van der Waals surface area contributed by atoms with E-state index in [9.17, 15) is 5.11 Å². The highest BCUT2D eigenvalue weighted by Crippen LogP contribution is 2.58. The predicted octanol–water partition coefficient (Wildman–Crippen LogP) is 4.02. The van der Waals surface area contributed by atoms with Gasteiger partial charge in [-0.3, -0.25) is 0 Å². The Morgan fingerprint density at radius 2 is 1.89 bits per heavy atom. The van der Waals surface area contributed by atoms with E-state index < -0.39 is 0 Å². The number of hydrogen-bond donors (Lipinski definition) is 1. The fraction of sp³-hybridized carbons (Fsp3) is 0.571. The molecule has 0 saturated carbocycles. The summed E-state index contributed by atoms with van der Waals surface area (Å²) in [6.45, 7) is 8.43. The molecule has 19 heavy (non-hydrogen) atoms. The topological polar surface area (TPSA) is 38.7 Å². The van der Waals surface area contributed by atoms with Crippen molar-refractivity contribution in [3.05, 3.63) is 23.8 Å². The number of aliphatic hydroxyl groups excluding tert-OH is 1. The van der Waals surface area contributed by atoms with Crippen LogP contribution in [0.4, 0.5) is 0 Å². The van der Waals surface area contributed by atoms with Gasteiger partial charge in [0.15, 0.2) is 11.5 Å². The van der Waals surface area contributed by atoms with Crippen LogP contribution in [0.25, 0.3) is 0 Å². The summed E-state index contributed by atoms with van der Waals surface area (Å²) in [6.07, 6.45) is -0.349. The monoisotopic (exact) mass is 300 g/mol. The normalized spacial score (nSPS) is 26.8. The summed E-state index contributed by atoms with van der Waals surface area (Å²) in [5, 5.41) is 10.4. The van der Waals surface area contributed by atoms with Crippen molar-refractivity contribution in [3.8, 4) is 11.5 Å². The Kier molecular flexibility index (Phi) is 4.58. The number of rotatable bonds is 1. The van der Waals surface area contributed by atoms with Gasteiger partial charge in [0.05, 0.1) is 11.4 Å². The number of aliphatic hydroxyl groups is 1. The molecule has 2 unspecified atom stereocenters. The summed E-state index contributed by atoms with van der Waals surface area (Å²) < 4.78 is 10.5. The van der Waals surface area contributed by atoms with Gasteiger partial charge in [0.1, 0.15) is 0 Å². The maximum absolute atomic E-state index is 10.3. The summed E-state index contributed by atoms with van der Waals surface area (Å²) in [5.41, 5.74) is 1.10. The van der Waals surface area contributed by atoms with E-state index in [-0.39, 0.29) is 16.1 Å². The van der Waals surface area contributed by atoms with E-state index in [4.69, 9.17) is 9.47 Å². The van der Waals surface area contributed by atoms with Crippen molar-refractivity contribution in [1.29, 1.82) is 0 Å². The first-order valence-electron chi connectivity index (χ1n) is 6.50. The largest absolute Gasteiger partial charge is 0.454 e. The fourth-order valence-corrected chi connectivity index (χ4v) is 5.35. The third kappa shape index (κ3) is 2.83. The van der Waals surface area contributed by atoms with Gasteiger partial charge in [-0.05, 0) is 31.5 Å². The molecular formula is C14H20O3S2. The van der Waals surface area contributed by atoms with Crippen molar-refractivity contribution in [1.82, 2.24) is 0 Å². The number of hydrogen-bond acceptors (Lipinski definition) is 5. The van der Waals surface area contributed by atoms with Crippen LogP contribution >= 0.6 is 21.6 Å². The first kappa shape index (κ1) is 14.9. The van der Waals surface area contributed by atoms with E-state index in [1.165, 1.54) is 0 Å². The first-order chi connectivity index (χ1) is 9.08. The van der Waals surface area contributed by atoms with Crippen molar-refractivity contribution < 1.29 is 14.6 Å². The molecule has 0 radical (unpaired) electrons. The molecule has 3 rings (SSSR count). The van der Waals surface area contributed by atoms with Gasteiger partial charge in [0.2, 0.25) is 6.79 Å². The van der Waals surface area contributed by atoms with Crippen LogP contribution in [-0.4, -0.2) is 22.8 Å². The van der Waals surface area contributed by atoms with Crippen LogP contribution in [0.2, 0.25) is 0 Å². The van der Waals surface area contributed by atoms with E-state index in [0.29, 0.717) is 6.79 Å². The summed E-state index contributed by atoms with van der Waals surface area (Å²) in [4.78, 5) is 0. The molecule has 0 aliphatic carbocycles. The van der Waals surface area contributed by atoms with Crippen LogP contribution in [0.5, 0.6) is 11.5 Å². The quantitative estimate of drug-likeness (QED) is 0.793. The predicted molar refractivity (Wildman–Crippen MR) is 81.9 cm³/mol. The second kappa shape index (κ2) is 5.85. The lowest BCUT2D eigenvalue weighted by Crippen LogP contribution is -2.31. The third-order valence-electron chi connectivity index (χ3n) is 3.09. The summed E-state index contributed by atoms with van der Waals surface area (Å²) in [5.74, 6) is 1.57. The van der Waals surface area contributed by atoms with Crippen LogP contribution in [0.15, 0.2) is 18.2 Å². The molecule has 0 amide bonds. The number of ether oxygens (including phenoxy) is 2. The van der Waals surface area contributed by atoms with Crippen molar-refractivity contribution in [2.75, 3.05) is 6.79 Å². The van der Waals surface area contributed by atoms with Crippen molar-refractivity contribution in [2.45, 2.75) is 43.8 Å². The van der Waals surface area contributed by atoms with Crippen LogP contribution in [0.1, 0.15) is 38.5 Å². The standard InChI is InChI=1S/C12H14O3S2.C2H6/c1-12(2)11(13)10(16-17-12)7-3-4-8-9(5-7)15-6-14-8;1-2/h3-5,10-11,13H,6H2,1-2H3;1-2H3. The Balaban J connectivity index is 0.000000637. The first-order valence-corrected chi connectivity index (χ1v) is 8.71. The molecule has 0 aromatic heterocycles. The minimum Gasteiger partial charge on any atom is -0.454 e. The second-order valence-electron chi connectivity index (χ2n) is 4.76. The van der Waals surface area contributed by atoms with Crippen molar-refractivity contribution in [3.63, 3.8) is 0 Å². The minimum atomic E-state index is -0.349. The van der Waals surface area contributed by atoms with Crippen LogP contribution in [0, 0.1) is 0 Å². The Bertz CT molecular complexity index is 448. The molecule has 1 aromatic rings. The average molecular weight is 300 g/mol. The molecule has 2 aliphatic heterocycles. The maximum Gasteiger partial charge on any atom is 0.231 e. The van der Waals surface area contributed by atoms with Crippen molar-refractivity contribution in [2.24, 2.45) is 0 Å². The molecule has 2 heterocycles. The van der Waals surface area contributed by atoms with Gasteiger partial charge >= 0.3 is 0 Å².